The predicted molar refractivity (Wildman–Crippen MR) is 81.1 cm³/mol. The molecule has 0 fully saturated rings. The molecule has 100 valence electrons. The van der Waals surface area contributed by atoms with E-state index < -0.39 is 0 Å². The first-order valence-electron chi connectivity index (χ1n) is 6.49. The number of carbonyl (C=O) groups excluding carboxylic acids is 1. The van der Waals surface area contributed by atoms with Crippen LogP contribution in [0, 0.1) is 0 Å². The van der Waals surface area contributed by atoms with E-state index in [2.05, 4.69) is 10.5 Å². The number of amides is 1. The first-order valence-corrected chi connectivity index (χ1v) is 6.49. The lowest BCUT2D eigenvalue weighted by molar-refractivity contribution is -0.117. The summed E-state index contributed by atoms with van der Waals surface area (Å²) in [7, 11) is 1.79. The first-order chi connectivity index (χ1) is 9.75. The maximum absolute atomic E-state index is 12.0. The molecule has 0 radical (unpaired) electrons. The van der Waals surface area contributed by atoms with E-state index in [0.717, 1.165) is 22.6 Å². The lowest BCUT2D eigenvalue weighted by atomic mass is 10.00. The van der Waals surface area contributed by atoms with Gasteiger partial charge in [-0.15, -0.1) is 0 Å². The Hall–Kier alpha value is -2.62. The van der Waals surface area contributed by atoms with Gasteiger partial charge in [-0.05, 0) is 18.2 Å². The van der Waals surface area contributed by atoms with Gasteiger partial charge in [-0.2, -0.15) is 5.10 Å². The molecule has 0 atom stereocenters. The molecule has 0 aliphatic carbocycles. The average Bonchev–Trinajstić information content (AvgIpc) is 2.50. The minimum absolute atomic E-state index is 0.0531. The van der Waals surface area contributed by atoms with E-state index in [1.54, 1.807) is 11.9 Å². The number of hydrogen-bond acceptors (Lipinski definition) is 3. The molecule has 0 spiro atoms. The van der Waals surface area contributed by atoms with Gasteiger partial charge in [0.15, 0.2) is 0 Å². The summed E-state index contributed by atoms with van der Waals surface area (Å²) in [5, 5.41) is 4.40. The van der Waals surface area contributed by atoms with Gasteiger partial charge >= 0.3 is 0 Å². The van der Waals surface area contributed by atoms with Crippen LogP contribution in [-0.4, -0.2) is 18.7 Å². The Labute approximate surface area is 117 Å². The standard InChI is InChI=1S/C16H15N3O/c1-19-15-10-6-5-9-13(15)14(11-16(19)20)18-17-12-7-3-2-4-8-12/h2-10,17H,11H2,1H3/b18-14-. The summed E-state index contributed by atoms with van der Waals surface area (Å²) in [6.45, 7) is 0. The number of hydrogen-bond donors (Lipinski definition) is 1. The fraction of sp³-hybridized carbons (Fsp3) is 0.125. The normalized spacial score (nSPS) is 16.1. The van der Waals surface area contributed by atoms with Crippen molar-refractivity contribution in [1.82, 2.24) is 0 Å². The third-order valence-corrected chi connectivity index (χ3v) is 3.36. The van der Waals surface area contributed by atoms with Crippen molar-refractivity contribution in [3.8, 4) is 0 Å². The van der Waals surface area contributed by atoms with Crippen molar-refractivity contribution in [3.63, 3.8) is 0 Å². The molecule has 0 saturated carbocycles. The molecule has 0 bridgehead atoms. The number of fused-ring (bicyclic) bond motifs is 1. The summed E-state index contributed by atoms with van der Waals surface area (Å²) in [6.07, 6.45) is 0.313. The van der Waals surface area contributed by atoms with Gasteiger partial charge in [-0.1, -0.05) is 36.4 Å². The van der Waals surface area contributed by atoms with Crippen LogP contribution in [0.25, 0.3) is 0 Å². The minimum atomic E-state index is 0.0531. The SMILES string of the molecule is CN1C(=O)C/C(=N/Nc2ccccc2)c2ccccc21. The van der Waals surface area contributed by atoms with Crippen molar-refractivity contribution in [2.24, 2.45) is 5.10 Å². The summed E-state index contributed by atoms with van der Waals surface area (Å²) in [6, 6.07) is 17.5. The van der Waals surface area contributed by atoms with Crippen LogP contribution < -0.4 is 10.3 Å². The third kappa shape index (κ3) is 2.28. The molecule has 2 aromatic rings. The molecule has 0 aromatic heterocycles. The van der Waals surface area contributed by atoms with E-state index in [9.17, 15) is 4.79 Å². The Kier molecular flexibility index (Phi) is 3.21. The molecule has 4 nitrogen and oxygen atoms in total. The lowest BCUT2D eigenvalue weighted by Gasteiger charge is -2.26. The molecular formula is C16H15N3O. The molecule has 2 aromatic carbocycles. The van der Waals surface area contributed by atoms with Crippen LogP contribution in [0.15, 0.2) is 59.7 Å². The molecule has 1 aliphatic heterocycles. The van der Waals surface area contributed by atoms with Gasteiger partial charge in [-0.25, -0.2) is 0 Å². The highest BCUT2D eigenvalue weighted by Gasteiger charge is 2.25. The molecule has 0 unspecified atom stereocenters. The maximum Gasteiger partial charge on any atom is 0.232 e. The highest BCUT2D eigenvalue weighted by atomic mass is 16.2. The maximum atomic E-state index is 12.0. The number of carbonyl (C=O) groups is 1. The highest BCUT2D eigenvalue weighted by molar-refractivity contribution is 6.21. The Morgan fingerprint density at radius 2 is 1.75 bits per heavy atom. The Morgan fingerprint density at radius 3 is 2.55 bits per heavy atom. The van der Waals surface area contributed by atoms with Crippen molar-refractivity contribution >= 4 is 23.0 Å². The number of benzene rings is 2. The topological polar surface area (TPSA) is 44.7 Å². The summed E-state index contributed by atoms with van der Waals surface area (Å²) in [5.74, 6) is 0.0531. The molecular weight excluding hydrogens is 250 g/mol. The van der Waals surface area contributed by atoms with Crippen LogP contribution in [-0.2, 0) is 4.79 Å². The average molecular weight is 265 g/mol. The zero-order valence-electron chi connectivity index (χ0n) is 11.2. The van der Waals surface area contributed by atoms with Crippen LogP contribution in [0.4, 0.5) is 11.4 Å². The van der Waals surface area contributed by atoms with Gasteiger partial charge in [0.2, 0.25) is 5.91 Å². The van der Waals surface area contributed by atoms with Crippen LogP contribution >= 0.6 is 0 Å². The molecule has 1 N–H and O–H groups in total. The molecule has 4 heteroatoms. The van der Waals surface area contributed by atoms with E-state index in [1.165, 1.54) is 0 Å². The van der Waals surface area contributed by atoms with Crippen molar-refractivity contribution in [1.29, 1.82) is 0 Å². The second-order valence-electron chi connectivity index (χ2n) is 4.68. The Morgan fingerprint density at radius 1 is 1.05 bits per heavy atom. The third-order valence-electron chi connectivity index (χ3n) is 3.36. The van der Waals surface area contributed by atoms with Crippen molar-refractivity contribution in [3.05, 3.63) is 60.2 Å². The summed E-state index contributed by atoms with van der Waals surface area (Å²) >= 11 is 0. The number of hydrazone groups is 1. The van der Waals surface area contributed by atoms with Gasteiger partial charge < -0.3 is 4.90 Å². The molecule has 1 heterocycles. The van der Waals surface area contributed by atoms with Gasteiger partial charge in [-0.3, -0.25) is 10.2 Å². The predicted octanol–water partition coefficient (Wildman–Crippen LogP) is 2.87. The number of nitrogens with zero attached hydrogens (tertiary/aromatic N) is 2. The monoisotopic (exact) mass is 265 g/mol. The van der Waals surface area contributed by atoms with Gasteiger partial charge in [0.1, 0.15) is 0 Å². The van der Waals surface area contributed by atoms with Gasteiger partial charge in [0.25, 0.3) is 0 Å². The van der Waals surface area contributed by atoms with Crippen molar-refractivity contribution < 1.29 is 4.79 Å². The zero-order chi connectivity index (χ0) is 13.9. The minimum Gasteiger partial charge on any atom is -0.314 e. The van der Waals surface area contributed by atoms with E-state index in [0.29, 0.717) is 6.42 Å². The second-order valence-corrected chi connectivity index (χ2v) is 4.68. The van der Waals surface area contributed by atoms with E-state index in [4.69, 9.17) is 0 Å². The fourth-order valence-corrected chi connectivity index (χ4v) is 2.25. The second kappa shape index (κ2) is 5.17. The van der Waals surface area contributed by atoms with E-state index >= 15 is 0 Å². The van der Waals surface area contributed by atoms with E-state index in [-0.39, 0.29) is 5.91 Å². The van der Waals surface area contributed by atoms with Gasteiger partial charge in [0, 0.05) is 12.6 Å². The summed E-state index contributed by atoms with van der Waals surface area (Å²) < 4.78 is 0. The molecule has 3 rings (SSSR count). The molecule has 0 saturated heterocycles. The first kappa shape index (κ1) is 12.4. The summed E-state index contributed by atoms with van der Waals surface area (Å²) in [5.41, 5.74) is 6.58. The number of nitrogens with one attached hydrogen (secondary N) is 1. The molecule has 1 aliphatic rings. The number of para-hydroxylation sites is 2. The fourth-order valence-electron chi connectivity index (χ4n) is 2.25. The van der Waals surface area contributed by atoms with E-state index in [1.807, 2.05) is 54.6 Å². The lowest BCUT2D eigenvalue weighted by Crippen LogP contribution is -2.34. The van der Waals surface area contributed by atoms with Gasteiger partial charge in [0.05, 0.1) is 23.5 Å². The zero-order valence-corrected chi connectivity index (χ0v) is 11.2. The van der Waals surface area contributed by atoms with Crippen LogP contribution in [0.2, 0.25) is 0 Å². The quantitative estimate of drug-likeness (QED) is 0.849. The number of anilines is 2. The largest absolute Gasteiger partial charge is 0.314 e. The molecule has 20 heavy (non-hydrogen) atoms. The van der Waals surface area contributed by atoms with Crippen LogP contribution in [0.3, 0.4) is 0 Å². The van der Waals surface area contributed by atoms with Crippen molar-refractivity contribution in [2.45, 2.75) is 6.42 Å². The smallest absolute Gasteiger partial charge is 0.232 e. The van der Waals surface area contributed by atoms with Crippen LogP contribution in [0.5, 0.6) is 0 Å². The molecule has 1 amide bonds. The highest BCUT2D eigenvalue weighted by Crippen LogP contribution is 2.26. The van der Waals surface area contributed by atoms with Crippen molar-refractivity contribution in [2.75, 3.05) is 17.4 Å². The number of rotatable bonds is 2. The Bertz CT molecular complexity index is 664. The Balaban J connectivity index is 1.94. The summed E-state index contributed by atoms with van der Waals surface area (Å²) in [4.78, 5) is 13.7. The van der Waals surface area contributed by atoms with Crippen LogP contribution in [0.1, 0.15) is 12.0 Å².